The number of hydrogen-bond acceptors (Lipinski definition) is 5. The molecule has 7 heteroatoms. The summed E-state index contributed by atoms with van der Waals surface area (Å²) in [7, 11) is 3.31. The molecule has 0 saturated heterocycles. The second-order valence-electron chi connectivity index (χ2n) is 10.1. The van der Waals surface area contributed by atoms with Gasteiger partial charge in [-0.05, 0) is 49.9 Å². The molecule has 0 N–H and O–H groups in total. The average Bonchev–Trinajstić information content (AvgIpc) is 3.11. The van der Waals surface area contributed by atoms with E-state index in [0.717, 1.165) is 25.7 Å². The molecule has 0 heterocycles. The molecular formula is C23H38F2O5. The van der Waals surface area contributed by atoms with Crippen LogP contribution in [-0.4, -0.2) is 57.6 Å². The lowest BCUT2D eigenvalue weighted by atomic mass is 9.45. The van der Waals surface area contributed by atoms with Crippen molar-refractivity contribution in [2.45, 2.75) is 84.0 Å². The van der Waals surface area contributed by atoms with E-state index in [-0.39, 0.29) is 53.9 Å². The largest absolute Gasteiger partial charge is 0.381 e. The maximum Gasteiger partial charge on any atom is 0.261 e. The molecule has 0 amide bonds. The number of hydrogen-bond donors (Lipinski definition) is 0. The highest BCUT2D eigenvalue weighted by Gasteiger charge is 2.68. The predicted molar refractivity (Wildman–Crippen MR) is 108 cm³/mol. The normalized spacial score (nSPS) is 46.6. The first-order chi connectivity index (χ1) is 14.1. The van der Waals surface area contributed by atoms with Crippen LogP contribution < -0.4 is 0 Å². The zero-order valence-corrected chi connectivity index (χ0v) is 19.2. The molecule has 0 aromatic carbocycles. The van der Waals surface area contributed by atoms with E-state index in [0.29, 0.717) is 5.92 Å². The minimum absolute atomic E-state index is 0.0491. The molecule has 3 unspecified atom stereocenters. The Kier molecular flexibility index (Phi) is 6.98. The lowest BCUT2D eigenvalue weighted by Crippen LogP contribution is -2.64. The summed E-state index contributed by atoms with van der Waals surface area (Å²) in [5, 5.41) is 0. The summed E-state index contributed by atoms with van der Waals surface area (Å²) >= 11 is 0. The van der Waals surface area contributed by atoms with E-state index in [1.165, 1.54) is 0 Å². The molecule has 8 atom stereocenters. The molecule has 30 heavy (non-hydrogen) atoms. The van der Waals surface area contributed by atoms with Crippen molar-refractivity contribution in [3.05, 3.63) is 0 Å². The van der Waals surface area contributed by atoms with Crippen molar-refractivity contribution >= 4 is 5.78 Å². The second kappa shape index (κ2) is 8.72. The summed E-state index contributed by atoms with van der Waals surface area (Å²) in [6.07, 6.45) is 1.01. The minimum Gasteiger partial charge on any atom is -0.381 e. The summed E-state index contributed by atoms with van der Waals surface area (Å²) in [5.74, 6) is 0.0974. The van der Waals surface area contributed by atoms with Crippen LogP contribution in [0.1, 0.15) is 59.8 Å². The third-order valence-electron chi connectivity index (χ3n) is 8.92. The van der Waals surface area contributed by atoms with E-state index in [2.05, 4.69) is 13.8 Å². The van der Waals surface area contributed by atoms with Crippen molar-refractivity contribution in [3.63, 3.8) is 0 Å². The SMILES string of the molecule is COCOC1C[C@@](C)(OCC(F)F)C(=O)[C@H](C)C23CC[C@@H](C)[C@]1(C)C2[C@H](OC)CC3. The average molecular weight is 433 g/mol. The van der Waals surface area contributed by atoms with Crippen LogP contribution in [0.15, 0.2) is 0 Å². The number of ketones is 1. The first-order valence-electron chi connectivity index (χ1n) is 11.2. The van der Waals surface area contributed by atoms with Gasteiger partial charge in [-0.15, -0.1) is 0 Å². The molecule has 5 nitrogen and oxygen atoms in total. The lowest BCUT2D eigenvalue weighted by Gasteiger charge is -2.62. The molecule has 0 aromatic rings. The van der Waals surface area contributed by atoms with Gasteiger partial charge < -0.3 is 18.9 Å². The van der Waals surface area contributed by atoms with Gasteiger partial charge in [-0.2, -0.15) is 0 Å². The maximum atomic E-state index is 13.8. The zero-order chi connectivity index (χ0) is 22.3. The molecule has 0 aromatic heterocycles. The van der Waals surface area contributed by atoms with Crippen molar-refractivity contribution < 1.29 is 32.5 Å². The van der Waals surface area contributed by atoms with Crippen LogP contribution >= 0.6 is 0 Å². The zero-order valence-electron chi connectivity index (χ0n) is 19.2. The number of rotatable bonds is 7. The summed E-state index contributed by atoms with van der Waals surface area (Å²) in [6, 6.07) is 0. The van der Waals surface area contributed by atoms with Crippen molar-refractivity contribution in [3.8, 4) is 0 Å². The number of Topliss-reactive ketones (excluding diaryl/α,β-unsaturated/α-hetero) is 1. The van der Waals surface area contributed by atoms with E-state index in [1.54, 1.807) is 21.1 Å². The Bertz CT molecular complexity index is 631. The second-order valence-corrected chi connectivity index (χ2v) is 10.1. The standard InChI is InChI=1S/C23H38F2O5/c1-14-7-9-23-10-8-16(28-6)19(23)22(14,4)17(29-13-27-5)11-21(3,20(26)15(23)2)30-12-18(24)25/h14-19H,7-13H2,1-6H3/t14-,15+,16-,17?,19?,21-,22+,23?/m1/s1. The van der Waals surface area contributed by atoms with Gasteiger partial charge in [0.05, 0.1) is 12.2 Å². The van der Waals surface area contributed by atoms with Crippen LogP contribution in [0.5, 0.6) is 0 Å². The highest BCUT2D eigenvalue weighted by Crippen LogP contribution is 2.68. The summed E-state index contributed by atoms with van der Waals surface area (Å²) in [6.45, 7) is 7.45. The number of carbonyl (C=O) groups excluding carboxylic acids is 1. The summed E-state index contributed by atoms with van der Waals surface area (Å²) in [5.41, 5.74) is -1.85. The first kappa shape index (κ1) is 24.0. The highest BCUT2D eigenvalue weighted by atomic mass is 19.3. The number of methoxy groups -OCH3 is 2. The van der Waals surface area contributed by atoms with Crippen molar-refractivity contribution in [2.75, 3.05) is 27.6 Å². The molecule has 3 aliphatic rings. The van der Waals surface area contributed by atoms with E-state index < -0.39 is 18.6 Å². The number of ether oxygens (including phenoxy) is 4. The Hall–Kier alpha value is -0.630. The van der Waals surface area contributed by atoms with Gasteiger partial charge in [-0.3, -0.25) is 4.79 Å². The third kappa shape index (κ3) is 3.63. The van der Waals surface area contributed by atoms with E-state index in [9.17, 15) is 13.6 Å². The Morgan fingerprint density at radius 1 is 1.13 bits per heavy atom. The van der Waals surface area contributed by atoms with Crippen LogP contribution in [0.2, 0.25) is 0 Å². The van der Waals surface area contributed by atoms with E-state index in [1.807, 2.05) is 6.92 Å². The molecule has 2 bridgehead atoms. The van der Waals surface area contributed by atoms with Crippen molar-refractivity contribution in [1.29, 1.82) is 0 Å². The fraction of sp³-hybridized carbons (Fsp3) is 0.957. The molecule has 0 radical (unpaired) electrons. The van der Waals surface area contributed by atoms with Crippen LogP contribution in [0.3, 0.4) is 0 Å². The molecule has 3 fully saturated rings. The lowest BCUT2D eigenvalue weighted by molar-refractivity contribution is -0.232. The minimum atomic E-state index is -2.63. The third-order valence-corrected chi connectivity index (χ3v) is 8.92. The first-order valence-corrected chi connectivity index (χ1v) is 11.2. The number of alkyl halides is 2. The van der Waals surface area contributed by atoms with Gasteiger partial charge in [-0.1, -0.05) is 20.8 Å². The number of carbonyl (C=O) groups is 1. The van der Waals surface area contributed by atoms with Crippen LogP contribution in [-0.2, 0) is 23.7 Å². The van der Waals surface area contributed by atoms with Gasteiger partial charge in [0.25, 0.3) is 6.43 Å². The molecule has 0 spiro atoms. The van der Waals surface area contributed by atoms with Gasteiger partial charge >= 0.3 is 0 Å². The molecule has 3 aliphatic carbocycles. The Labute approximate surface area is 179 Å². The monoisotopic (exact) mass is 432 g/mol. The van der Waals surface area contributed by atoms with Crippen LogP contribution in [0.4, 0.5) is 8.78 Å². The smallest absolute Gasteiger partial charge is 0.261 e. The molecule has 174 valence electrons. The van der Waals surface area contributed by atoms with Gasteiger partial charge in [0, 0.05) is 32.0 Å². The quantitative estimate of drug-likeness (QED) is 0.556. The number of halogens is 2. The van der Waals surface area contributed by atoms with Crippen LogP contribution in [0, 0.1) is 28.6 Å². The van der Waals surface area contributed by atoms with Crippen molar-refractivity contribution in [2.24, 2.45) is 28.6 Å². The van der Waals surface area contributed by atoms with Crippen LogP contribution in [0.25, 0.3) is 0 Å². The summed E-state index contributed by atoms with van der Waals surface area (Å²) < 4.78 is 49.1. The van der Waals surface area contributed by atoms with Gasteiger partial charge in [-0.25, -0.2) is 8.78 Å². The highest BCUT2D eigenvalue weighted by molar-refractivity contribution is 5.90. The van der Waals surface area contributed by atoms with Crippen molar-refractivity contribution in [1.82, 2.24) is 0 Å². The fourth-order valence-corrected chi connectivity index (χ4v) is 7.14. The van der Waals surface area contributed by atoms with Gasteiger partial charge in [0.2, 0.25) is 0 Å². The molecule has 3 saturated carbocycles. The topological polar surface area (TPSA) is 54.0 Å². The fourth-order valence-electron chi connectivity index (χ4n) is 7.14. The Morgan fingerprint density at radius 3 is 2.40 bits per heavy atom. The molecular weight excluding hydrogens is 394 g/mol. The summed E-state index contributed by atoms with van der Waals surface area (Å²) in [4.78, 5) is 13.8. The maximum absolute atomic E-state index is 13.8. The molecule has 0 aliphatic heterocycles. The Balaban J connectivity index is 2.13. The Morgan fingerprint density at radius 2 is 1.80 bits per heavy atom. The molecule has 3 rings (SSSR count). The van der Waals surface area contributed by atoms with E-state index >= 15 is 0 Å². The predicted octanol–water partition coefficient (Wildman–Crippen LogP) is 4.47. The van der Waals surface area contributed by atoms with Gasteiger partial charge in [0.15, 0.2) is 5.78 Å². The van der Waals surface area contributed by atoms with Gasteiger partial charge in [0.1, 0.15) is 19.0 Å². The van der Waals surface area contributed by atoms with E-state index in [4.69, 9.17) is 18.9 Å².